The fourth-order valence-electron chi connectivity index (χ4n) is 1.65. The van der Waals surface area contributed by atoms with Crippen molar-refractivity contribution in [3.63, 3.8) is 0 Å². The van der Waals surface area contributed by atoms with Crippen molar-refractivity contribution in [2.75, 3.05) is 24.1 Å². The number of anilines is 2. The Hall–Kier alpha value is -2.22. The van der Waals surface area contributed by atoms with E-state index in [9.17, 15) is 4.79 Å². The highest BCUT2D eigenvalue weighted by atomic mass is 16.2. The molecular formula is C13H16N4O. The first kappa shape index (κ1) is 12.2. The first-order valence-electron chi connectivity index (χ1n) is 6.02. The number of hydrogen-bond acceptors (Lipinski definition) is 4. The van der Waals surface area contributed by atoms with E-state index in [0.29, 0.717) is 24.3 Å². The molecule has 1 aliphatic rings. The SMILES string of the molecule is N#Cc1cc(NCCNC(=O)C2CC2)ccc1N. The second kappa shape index (κ2) is 5.41. The molecule has 0 aromatic heterocycles. The lowest BCUT2D eigenvalue weighted by Crippen LogP contribution is -2.29. The highest BCUT2D eigenvalue weighted by molar-refractivity contribution is 5.80. The molecule has 1 aliphatic carbocycles. The van der Waals surface area contributed by atoms with E-state index in [4.69, 9.17) is 11.0 Å². The largest absolute Gasteiger partial charge is 0.398 e. The number of carbonyl (C=O) groups is 1. The summed E-state index contributed by atoms with van der Waals surface area (Å²) in [5.41, 5.74) is 7.40. The lowest BCUT2D eigenvalue weighted by atomic mass is 10.2. The molecule has 1 fully saturated rings. The van der Waals surface area contributed by atoms with Crippen LogP contribution in [0.3, 0.4) is 0 Å². The molecule has 1 aromatic carbocycles. The number of amides is 1. The molecule has 0 radical (unpaired) electrons. The van der Waals surface area contributed by atoms with Gasteiger partial charge in [-0.1, -0.05) is 0 Å². The zero-order valence-electron chi connectivity index (χ0n) is 10.1. The third-order valence-electron chi connectivity index (χ3n) is 2.88. The van der Waals surface area contributed by atoms with Gasteiger partial charge in [0.15, 0.2) is 0 Å². The molecule has 4 N–H and O–H groups in total. The second-order valence-electron chi connectivity index (χ2n) is 4.41. The summed E-state index contributed by atoms with van der Waals surface area (Å²) >= 11 is 0. The second-order valence-corrected chi connectivity index (χ2v) is 4.41. The van der Waals surface area contributed by atoms with Crippen LogP contribution in [0.4, 0.5) is 11.4 Å². The third kappa shape index (κ3) is 3.14. The Labute approximate surface area is 106 Å². The molecule has 0 aliphatic heterocycles. The molecule has 0 unspecified atom stereocenters. The maximum Gasteiger partial charge on any atom is 0.223 e. The molecule has 1 saturated carbocycles. The van der Waals surface area contributed by atoms with Gasteiger partial charge < -0.3 is 16.4 Å². The van der Waals surface area contributed by atoms with E-state index in [1.165, 1.54) is 0 Å². The Balaban J connectivity index is 1.76. The molecule has 0 saturated heterocycles. The number of nitrogens with one attached hydrogen (secondary N) is 2. The van der Waals surface area contributed by atoms with Gasteiger partial charge in [0.2, 0.25) is 5.91 Å². The average Bonchev–Trinajstić information content (AvgIpc) is 3.20. The number of nitrogens with zero attached hydrogens (tertiary/aromatic N) is 1. The summed E-state index contributed by atoms with van der Waals surface area (Å²) in [5.74, 6) is 0.388. The summed E-state index contributed by atoms with van der Waals surface area (Å²) in [6, 6.07) is 7.26. The number of rotatable bonds is 5. The lowest BCUT2D eigenvalue weighted by molar-refractivity contribution is -0.122. The summed E-state index contributed by atoms with van der Waals surface area (Å²) in [6.07, 6.45) is 2.03. The molecule has 1 aromatic rings. The highest BCUT2D eigenvalue weighted by Gasteiger charge is 2.28. The summed E-state index contributed by atoms with van der Waals surface area (Å²) in [5, 5.41) is 14.8. The molecular weight excluding hydrogens is 228 g/mol. The van der Waals surface area contributed by atoms with E-state index >= 15 is 0 Å². The topological polar surface area (TPSA) is 90.9 Å². The zero-order valence-corrected chi connectivity index (χ0v) is 10.1. The summed E-state index contributed by atoms with van der Waals surface area (Å²) in [4.78, 5) is 11.4. The molecule has 2 rings (SSSR count). The number of hydrogen-bond donors (Lipinski definition) is 3. The van der Waals surface area contributed by atoms with Crippen LogP contribution in [0, 0.1) is 17.2 Å². The molecule has 0 heterocycles. The summed E-state index contributed by atoms with van der Waals surface area (Å²) < 4.78 is 0. The van der Waals surface area contributed by atoms with Gasteiger partial charge in [-0.05, 0) is 31.0 Å². The molecule has 0 atom stereocenters. The van der Waals surface area contributed by atoms with Crippen molar-refractivity contribution in [1.82, 2.24) is 5.32 Å². The Morgan fingerprint density at radius 3 is 2.89 bits per heavy atom. The molecule has 1 amide bonds. The van der Waals surface area contributed by atoms with E-state index in [1.807, 2.05) is 12.1 Å². The molecule has 0 spiro atoms. The van der Waals surface area contributed by atoms with E-state index in [2.05, 4.69) is 10.6 Å². The molecule has 18 heavy (non-hydrogen) atoms. The lowest BCUT2D eigenvalue weighted by Gasteiger charge is -2.08. The highest BCUT2D eigenvalue weighted by Crippen LogP contribution is 2.28. The Morgan fingerprint density at radius 2 is 2.22 bits per heavy atom. The number of benzene rings is 1. The predicted molar refractivity (Wildman–Crippen MR) is 69.8 cm³/mol. The standard InChI is InChI=1S/C13H16N4O/c14-8-10-7-11(3-4-12(10)15)16-5-6-17-13(18)9-1-2-9/h3-4,7,9,16H,1-2,5-6,15H2,(H,17,18). The molecule has 5 heteroatoms. The van der Waals surface area contributed by atoms with Crippen molar-refractivity contribution in [3.05, 3.63) is 23.8 Å². The molecule has 5 nitrogen and oxygen atoms in total. The average molecular weight is 244 g/mol. The summed E-state index contributed by atoms with van der Waals surface area (Å²) in [6.45, 7) is 1.22. The van der Waals surface area contributed by atoms with Gasteiger partial charge in [-0.2, -0.15) is 5.26 Å². The minimum Gasteiger partial charge on any atom is -0.398 e. The van der Waals surface area contributed by atoms with Crippen molar-refractivity contribution in [3.8, 4) is 6.07 Å². The van der Waals surface area contributed by atoms with E-state index in [-0.39, 0.29) is 11.8 Å². The Bertz CT molecular complexity index is 488. The smallest absolute Gasteiger partial charge is 0.223 e. The maximum absolute atomic E-state index is 11.4. The number of nitriles is 1. The van der Waals surface area contributed by atoms with Crippen LogP contribution in [-0.4, -0.2) is 19.0 Å². The fourth-order valence-corrected chi connectivity index (χ4v) is 1.65. The van der Waals surface area contributed by atoms with Crippen molar-refractivity contribution >= 4 is 17.3 Å². The van der Waals surface area contributed by atoms with Gasteiger partial charge in [-0.15, -0.1) is 0 Å². The normalized spacial score (nSPS) is 13.7. The predicted octanol–water partition coefficient (Wildman–Crippen LogP) is 1.08. The van der Waals surface area contributed by atoms with Crippen LogP contribution in [0.1, 0.15) is 18.4 Å². The van der Waals surface area contributed by atoms with E-state index in [0.717, 1.165) is 18.5 Å². The Kier molecular flexibility index (Phi) is 3.68. The van der Waals surface area contributed by atoms with Crippen molar-refractivity contribution in [2.45, 2.75) is 12.8 Å². The zero-order chi connectivity index (χ0) is 13.0. The van der Waals surface area contributed by atoms with Crippen LogP contribution >= 0.6 is 0 Å². The quantitative estimate of drug-likeness (QED) is 0.534. The number of nitrogens with two attached hydrogens (primary N) is 1. The van der Waals surface area contributed by atoms with Crippen molar-refractivity contribution in [1.29, 1.82) is 5.26 Å². The van der Waals surface area contributed by atoms with Crippen molar-refractivity contribution < 1.29 is 4.79 Å². The number of carbonyl (C=O) groups excluding carboxylic acids is 1. The monoisotopic (exact) mass is 244 g/mol. The van der Waals surface area contributed by atoms with Gasteiger partial charge in [0, 0.05) is 30.4 Å². The minimum absolute atomic E-state index is 0.145. The van der Waals surface area contributed by atoms with Crippen LogP contribution in [-0.2, 0) is 4.79 Å². The van der Waals surface area contributed by atoms with Gasteiger partial charge in [0.25, 0.3) is 0 Å². The summed E-state index contributed by atoms with van der Waals surface area (Å²) in [7, 11) is 0. The van der Waals surface area contributed by atoms with Crippen LogP contribution < -0.4 is 16.4 Å². The molecule has 94 valence electrons. The van der Waals surface area contributed by atoms with Crippen LogP contribution in [0.15, 0.2) is 18.2 Å². The van der Waals surface area contributed by atoms with E-state index in [1.54, 1.807) is 12.1 Å². The van der Waals surface area contributed by atoms with Crippen LogP contribution in [0.5, 0.6) is 0 Å². The minimum atomic E-state index is 0.145. The van der Waals surface area contributed by atoms with Gasteiger partial charge in [-0.3, -0.25) is 4.79 Å². The Morgan fingerprint density at radius 1 is 1.44 bits per heavy atom. The maximum atomic E-state index is 11.4. The third-order valence-corrected chi connectivity index (χ3v) is 2.88. The first-order chi connectivity index (χ1) is 8.70. The van der Waals surface area contributed by atoms with Crippen LogP contribution in [0.25, 0.3) is 0 Å². The van der Waals surface area contributed by atoms with Gasteiger partial charge >= 0.3 is 0 Å². The van der Waals surface area contributed by atoms with Gasteiger partial charge in [-0.25, -0.2) is 0 Å². The fraction of sp³-hybridized carbons (Fsp3) is 0.385. The van der Waals surface area contributed by atoms with E-state index < -0.39 is 0 Å². The number of nitrogen functional groups attached to an aromatic ring is 1. The first-order valence-corrected chi connectivity index (χ1v) is 6.02. The van der Waals surface area contributed by atoms with Gasteiger partial charge in [0.05, 0.1) is 5.56 Å². The van der Waals surface area contributed by atoms with Crippen molar-refractivity contribution in [2.24, 2.45) is 5.92 Å². The van der Waals surface area contributed by atoms with Gasteiger partial charge in [0.1, 0.15) is 6.07 Å². The van der Waals surface area contributed by atoms with Crippen LogP contribution in [0.2, 0.25) is 0 Å². The molecule has 0 bridgehead atoms.